The lowest BCUT2D eigenvalue weighted by Crippen LogP contribution is -2.36. The molecule has 2 aromatic heterocycles. The first-order valence-electron chi connectivity index (χ1n) is 9.76. The van der Waals surface area contributed by atoms with Crippen molar-refractivity contribution in [2.45, 2.75) is 27.3 Å². The average molecular weight is 414 g/mol. The standard InChI is InChI=1S/C21H24ClN5O2/c1-4-27-20-19(14(3)25-27)16(11-13(2)23-20)21(28)24-15-5-6-18(17(22)12-15)26-7-9-29-10-8-26/h5-6,11-12H,4,7-10H2,1-3H3,(H,24,28). The van der Waals surface area contributed by atoms with E-state index in [-0.39, 0.29) is 5.91 Å². The third-order valence-electron chi connectivity index (χ3n) is 5.11. The Labute approximate surface area is 174 Å². The molecule has 0 unspecified atom stereocenters. The van der Waals surface area contributed by atoms with E-state index in [4.69, 9.17) is 16.3 Å². The number of rotatable bonds is 4. The smallest absolute Gasteiger partial charge is 0.256 e. The van der Waals surface area contributed by atoms with Gasteiger partial charge in [-0.25, -0.2) is 9.67 Å². The summed E-state index contributed by atoms with van der Waals surface area (Å²) in [6.07, 6.45) is 0. The van der Waals surface area contributed by atoms with Crippen molar-refractivity contribution in [1.82, 2.24) is 14.8 Å². The van der Waals surface area contributed by atoms with Crippen molar-refractivity contribution in [2.24, 2.45) is 0 Å². The monoisotopic (exact) mass is 413 g/mol. The number of benzene rings is 1. The Bertz CT molecular complexity index is 1070. The maximum absolute atomic E-state index is 13.1. The van der Waals surface area contributed by atoms with Gasteiger partial charge in [0.15, 0.2) is 5.65 Å². The number of nitrogens with one attached hydrogen (secondary N) is 1. The van der Waals surface area contributed by atoms with Crippen LogP contribution in [-0.4, -0.2) is 47.0 Å². The molecule has 0 atom stereocenters. The molecule has 152 valence electrons. The average Bonchev–Trinajstić information content (AvgIpc) is 3.03. The third-order valence-corrected chi connectivity index (χ3v) is 5.41. The fraction of sp³-hybridized carbons (Fsp3) is 0.381. The molecule has 1 fully saturated rings. The molecule has 1 amide bonds. The molecule has 7 nitrogen and oxygen atoms in total. The van der Waals surface area contributed by atoms with Gasteiger partial charge >= 0.3 is 0 Å². The Morgan fingerprint density at radius 3 is 2.69 bits per heavy atom. The number of aryl methyl sites for hydroxylation is 3. The SMILES string of the molecule is CCn1nc(C)c2c(C(=O)Nc3ccc(N4CCOCC4)c(Cl)c3)cc(C)nc21. The molecule has 0 spiro atoms. The number of nitrogens with zero attached hydrogens (tertiary/aromatic N) is 4. The topological polar surface area (TPSA) is 72.3 Å². The number of aromatic nitrogens is 3. The highest BCUT2D eigenvalue weighted by Gasteiger charge is 2.19. The normalized spacial score (nSPS) is 14.4. The van der Waals surface area contributed by atoms with E-state index in [1.807, 2.05) is 37.6 Å². The summed E-state index contributed by atoms with van der Waals surface area (Å²) in [7, 11) is 0. The number of hydrogen-bond donors (Lipinski definition) is 1. The van der Waals surface area contributed by atoms with Crippen LogP contribution in [0.15, 0.2) is 24.3 Å². The van der Waals surface area contributed by atoms with E-state index < -0.39 is 0 Å². The summed E-state index contributed by atoms with van der Waals surface area (Å²) in [6.45, 7) is 9.48. The van der Waals surface area contributed by atoms with Crippen LogP contribution in [0, 0.1) is 13.8 Å². The maximum Gasteiger partial charge on any atom is 0.256 e. The summed E-state index contributed by atoms with van der Waals surface area (Å²) in [5.74, 6) is -0.200. The first-order valence-corrected chi connectivity index (χ1v) is 10.1. The zero-order valence-corrected chi connectivity index (χ0v) is 17.6. The van der Waals surface area contributed by atoms with Crippen molar-refractivity contribution in [3.8, 4) is 0 Å². The fourth-order valence-electron chi connectivity index (χ4n) is 3.72. The Kier molecular flexibility index (Phi) is 5.43. The predicted molar refractivity (Wildman–Crippen MR) is 115 cm³/mol. The van der Waals surface area contributed by atoms with Crippen molar-refractivity contribution < 1.29 is 9.53 Å². The van der Waals surface area contributed by atoms with Gasteiger partial charge in [0.1, 0.15) is 0 Å². The van der Waals surface area contributed by atoms with Crippen LogP contribution in [0.2, 0.25) is 5.02 Å². The zero-order chi connectivity index (χ0) is 20.5. The molecule has 1 aliphatic heterocycles. The Hall–Kier alpha value is -2.64. The van der Waals surface area contributed by atoms with Gasteiger partial charge in [-0.05, 0) is 45.0 Å². The second-order valence-electron chi connectivity index (χ2n) is 7.13. The summed E-state index contributed by atoms with van der Waals surface area (Å²) >= 11 is 6.50. The molecule has 0 saturated carbocycles. The van der Waals surface area contributed by atoms with Crippen LogP contribution in [0.1, 0.15) is 28.7 Å². The molecular formula is C21H24ClN5O2. The van der Waals surface area contributed by atoms with Crippen LogP contribution < -0.4 is 10.2 Å². The number of pyridine rings is 1. The number of morpholine rings is 1. The summed E-state index contributed by atoms with van der Waals surface area (Å²) in [6, 6.07) is 7.41. The van der Waals surface area contributed by atoms with E-state index in [9.17, 15) is 4.79 Å². The van der Waals surface area contributed by atoms with Crippen LogP contribution in [0.3, 0.4) is 0 Å². The summed E-state index contributed by atoms with van der Waals surface area (Å²) in [5, 5.41) is 8.88. The maximum atomic E-state index is 13.1. The lowest BCUT2D eigenvalue weighted by molar-refractivity contribution is 0.102. The number of amides is 1. The van der Waals surface area contributed by atoms with Gasteiger partial charge in [0.25, 0.3) is 5.91 Å². The summed E-state index contributed by atoms with van der Waals surface area (Å²) < 4.78 is 7.22. The van der Waals surface area contributed by atoms with Crippen molar-refractivity contribution >= 4 is 39.9 Å². The van der Waals surface area contributed by atoms with Crippen LogP contribution in [0.5, 0.6) is 0 Å². The quantitative estimate of drug-likeness (QED) is 0.704. The number of halogens is 1. The van der Waals surface area contributed by atoms with Crippen LogP contribution in [0.4, 0.5) is 11.4 Å². The van der Waals surface area contributed by atoms with E-state index in [1.54, 1.807) is 12.1 Å². The summed E-state index contributed by atoms with van der Waals surface area (Å²) in [5.41, 5.74) is 4.47. The second kappa shape index (κ2) is 8.00. The lowest BCUT2D eigenvalue weighted by atomic mass is 10.1. The number of carbonyl (C=O) groups excluding carboxylic acids is 1. The Morgan fingerprint density at radius 1 is 1.24 bits per heavy atom. The first kappa shape index (κ1) is 19.7. The van der Waals surface area contributed by atoms with Crippen molar-refractivity contribution in [1.29, 1.82) is 0 Å². The van der Waals surface area contributed by atoms with E-state index in [0.717, 1.165) is 41.2 Å². The van der Waals surface area contributed by atoms with Gasteiger partial charge in [-0.2, -0.15) is 5.10 Å². The molecule has 1 aliphatic rings. The molecule has 1 aromatic carbocycles. The van der Waals surface area contributed by atoms with E-state index >= 15 is 0 Å². The van der Waals surface area contributed by atoms with Crippen molar-refractivity contribution in [3.05, 3.63) is 46.2 Å². The molecule has 0 radical (unpaired) electrons. The largest absolute Gasteiger partial charge is 0.378 e. The van der Waals surface area contributed by atoms with Crippen molar-refractivity contribution in [2.75, 3.05) is 36.5 Å². The molecule has 3 aromatic rings. The van der Waals surface area contributed by atoms with Crippen LogP contribution in [0.25, 0.3) is 11.0 Å². The first-order chi connectivity index (χ1) is 14.0. The van der Waals surface area contributed by atoms with Gasteiger partial charge < -0.3 is 15.0 Å². The highest BCUT2D eigenvalue weighted by atomic mass is 35.5. The molecule has 0 bridgehead atoms. The van der Waals surface area contributed by atoms with E-state index in [1.165, 1.54) is 0 Å². The number of fused-ring (bicyclic) bond motifs is 1. The Morgan fingerprint density at radius 2 is 2.00 bits per heavy atom. The number of carbonyl (C=O) groups is 1. The Balaban J connectivity index is 1.63. The molecule has 0 aliphatic carbocycles. The lowest BCUT2D eigenvalue weighted by Gasteiger charge is -2.29. The van der Waals surface area contributed by atoms with Gasteiger partial charge in [0, 0.05) is 31.0 Å². The minimum Gasteiger partial charge on any atom is -0.378 e. The van der Waals surface area contributed by atoms with Gasteiger partial charge in [-0.1, -0.05) is 11.6 Å². The minimum absolute atomic E-state index is 0.200. The second-order valence-corrected chi connectivity index (χ2v) is 7.54. The van der Waals surface area contributed by atoms with Crippen LogP contribution in [-0.2, 0) is 11.3 Å². The minimum atomic E-state index is -0.200. The highest BCUT2D eigenvalue weighted by Crippen LogP contribution is 2.30. The molecule has 8 heteroatoms. The number of hydrogen-bond acceptors (Lipinski definition) is 5. The van der Waals surface area contributed by atoms with E-state index in [0.29, 0.717) is 36.0 Å². The molecular weight excluding hydrogens is 390 g/mol. The molecule has 3 heterocycles. The fourth-order valence-corrected chi connectivity index (χ4v) is 4.02. The van der Waals surface area contributed by atoms with Gasteiger partial charge in [-0.3, -0.25) is 4.79 Å². The zero-order valence-electron chi connectivity index (χ0n) is 16.8. The summed E-state index contributed by atoms with van der Waals surface area (Å²) in [4.78, 5) is 19.9. The van der Waals surface area contributed by atoms with Gasteiger partial charge in [0.2, 0.25) is 0 Å². The van der Waals surface area contributed by atoms with Gasteiger partial charge in [-0.15, -0.1) is 0 Å². The van der Waals surface area contributed by atoms with Gasteiger partial charge in [0.05, 0.1) is 40.6 Å². The molecule has 1 saturated heterocycles. The van der Waals surface area contributed by atoms with Crippen LogP contribution >= 0.6 is 11.6 Å². The molecule has 1 N–H and O–H groups in total. The predicted octanol–water partition coefficient (Wildman–Crippen LogP) is 3.81. The number of anilines is 2. The molecule has 4 rings (SSSR count). The number of ether oxygens (including phenoxy) is 1. The van der Waals surface area contributed by atoms with E-state index in [2.05, 4.69) is 20.3 Å². The van der Waals surface area contributed by atoms with Crippen molar-refractivity contribution in [3.63, 3.8) is 0 Å². The third kappa shape index (κ3) is 3.80. The highest BCUT2D eigenvalue weighted by molar-refractivity contribution is 6.33. The molecule has 29 heavy (non-hydrogen) atoms.